The largest absolute Gasteiger partial charge is 0.493 e. The first-order valence-corrected chi connectivity index (χ1v) is 5.33. The van der Waals surface area contributed by atoms with E-state index in [4.69, 9.17) is 4.74 Å². The number of benzene rings is 1. The first kappa shape index (κ1) is 10.4. The second-order valence-electron chi connectivity index (χ2n) is 3.94. The van der Waals surface area contributed by atoms with Crippen LogP contribution in [0.5, 0.6) is 5.75 Å². The predicted molar refractivity (Wildman–Crippen MR) is 57.7 cm³/mol. The van der Waals surface area contributed by atoms with Crippen LogP contribution in [0.3, 0.4) is 0 Å². The molecule has 0 saturated heterocycles. The van der Waals surface area contributed by atoms with Gasteiger partial charge in [-0.15, -0.1) is 0 Å². The monoisotopic (exact) mass is 209 g/mol. The Kier molecular flexibility index (Phi) is 2.91. The summed E-state index contributed by atoms with van der Waals surface area (Å²) in [5.41, 5.74) is 1.70. The molecule has 1 aromatic carbocycles. The van der Waals surface area contributed by atoms with Gasteiger partial charge >= 0.3 is 0 Å². The normalized spacial score (nSPS) is 20.3. The molecule has 3 heteroatoms. The number of ether oxygens (including phenoxy) is 1. The lowest BCUT2D eigenvalue weighted by Gasteiger charge is -2.17. The first-order chi connectivity index (χ1) is 7.24. The smallest absolute Gasteiger partial charge is 0.131 e. The third kappa shape index (κ3) is 1.84. The summed E-state index contributed by atoms with van der Waals surface area (Å²) in [6, 6.07) is 3.36. The number of nitrogens with one attached hydrogen (secondary N) is 1. The second kappa shape index (κ2) is 4.19. The maximum atomic E-state index is 13.7. The number of halogens is 1. The zero-order chi connectivity index (χ0) is 10.8. The lowest BCUT2D eigenvalue weighted by molar-refractivity contribution is 0.313. The Bertz CT molecular complexity index is 365. The highest BCUT2D eigenvalue weighted by atomic mass is 19.1. The van der Waals surface area contributed by atoms with Crippen LogP contribution >= 0.6 is 0 Å². The molecule has 0 spiro atoms. The Hall–Kier alpha value is -1.09. The van der Waals surface area contributed by atoms with Gasteiger partial charge in [0.15, 0.2) is 0 Å². The van der Waals surface area contributed by atoms with Gasteiger partial charge in [-0.1, -0.05) is 6.07 Å². The molecule has 1 aliphatic heterocycles. The van der Waals surface area contributed by atoms with Gasteiger partial charge in [0.1, 0.15) is 11.6 Å². The van der Waals surface area contributed by atoms with E-state index in [0.717, 1.165) is 24.2 Å². The second-order valence-corrected chi connectivity index (χ2v) is 3.94. The average molecular weight is 209 g/mol. The molecule has 1 heterocycles. The van der Waals surface area contributed by atoms with Crippen LogP contribution in [-0.2, 0) is 0 Å². The molecule has 0 aromatic heterocycles. The highest BCUT2D eigenvalue weighted by Crippen LogP contribution is 2.35. The minimum atomic E-state index is -0.170. The molecule has 1 aromatic rings. The summed E-state index contributed by atoms with van der Waals surface area (Å²) in [7, 11) is 1.86. The van der Waals surface area contributed by atoms with Crippen LogP contribution in [0.2, 0.25) is 0 Å². The molecule has 0 aliphatic carbocycles. The topological polar surface area (TPSA) is 21.3 Å². The molecule has 0 fully saturated rings. The van der Waals surface area contributed by atoms with E-state index in [1.165, 1.54) is 6.07 Å². The van der Waals surface area contributed by atoms with E-state index in [1.54, 1.807) is 6.07 Å². The lowest BCUT2D eigenvalue weighted by Crippen LogP contribution is -2.17. The molecule has 1 aliphatic rings. The standard InChI is InChI=1S/C12H16FNO/c1-8-5-6-9(13)11-10(14-2)4-3-7-15-12(8)11/h5-6,10,14H,3-4,7H2,1-2H3. The van der Waals surface area contributed by atoms with Crippen molar-refractivity contribution in [1.82, 2.24) is 5.32 Å². The van der Waals surface area contributed by atoms with Gasteiger partial charge in [0, 0.05) is 11.6 Å². The number of hydrogen-bond donors (Lipinski definition) is 1. The molecule has 0 radical (unpaired) electrons. The fraction of sp³-hybridized carbons (Fsp3) is 0.500. The molecule has 0 amide bonds. The van der Waals surface area contributed by atoms with E-state index < -0.39 is 0 Å². The molecule has 0 bridgehead atoms. The summed E-state index contributed by atoms with van der Waals surface area (Å²) in [5.74, 6) is 0.559. The van der Waals surface area contributed by atoms with E-state index in [9.17, 15) is 4.39 Å². The zero-order valence-electron chi connectivity index (χ0n) is 9.14. The van der Waals surface area contributed by atoms with E-state index in [0.29, 0.717) is 12.2 Å². The maximum absolute atomic E-state index is 13.7. The van der Waals surface area contributed by atoms with Gasteiger partial charge < -0.3 is 10.1 Å². The van der Waals surface area contributed by atoms with Crippen LogP contribution in [-0.4, -0.2) is 13.7 Å². The highest BCUT2D eigenvalue weighted by Gasteiger charge is 2.23. The third-order valence-electron chi connectivity index (χ3n) is 2.92. The SMILES string of the molecule is CNC1CCCOc2c(C)ccc(F)c21. The molecule has 1 atom stereocenters. The van der Waals surface area contributed by atoms with Crippen molar-refractivity contribution in [2.24, 2.45) is 0 Å². The van der Waals surface area contributed by atoms with Crippen LogP contribution in [0.1, 0.15) is 30.0 Å². The fourth-order valence-corrected chi connectivity index (χ4v) is 2.10. The van der Waals surface area contributed by atoms with Gasteiger partial charge in [-0.2, -0.15) is 0 Å². The van der Waals surface area contributed by atoms with Crippen molar-refractivity contribution in [3.05, 3.63) is 29.1 Å². The highest BCUT2D eigenvalue weighted by molar-refractivity contribution is 5.44. The van der Waals surface area contributed by atoms with Crippen LogP contribution in [0.25, 0.3) is 0 Å². The Balaban J connectivity index is 2.54. The number of hydrogen-bond acceptors (Lipinski definition) is 2. The molecular formula is C12H16FNO. The van der Waals surface area contributed by atoms with Crippen molar-refractivity contribution in [1.29, 1.82) is 0 Å². The molecule has 2 nitrogen and oxygen atoms in total. The van der Waals surface area contributed by atoms with E-state index in [1.807, 2.05) is 14.0 Å². The van der Waals surface area contributed by atoms with Crippen LogP contribution in [0, 0.1) is 12.7 Å². The van der Waals surface area contributed by atoms with Crippen LogP contribution < -0.4 is 10.1 Å². The Morgan fingerprint density at radius 1 is 1.47 bits per heavy atom. The maximum Gasteiger partial charge on any atom is 0.131 e. The van der Waals surface area contributed by atoms with E-state index in [2.05, 4.69) is 5.32 Å². The Morgan fingerprint density at radius 2 is 2.27 bits per heavy atom. The van der Waals surface area contributed by atoms with E-state index in [-0.39, 0.29) is 11.9 Å². The summed E-state index contributed by atoms with van der Waals surface area (Å²) < 4.78 is 19.4. The summed E-state index contributed by atoms with van der Waals surface area (Å²) in [6.07, 6.45) is 1.88. The minimum Gasteiger partial charge on any atom is -0.493 e. The van der Waals surface area contributed by atoms with Crippen molar-refractivity contribution in [3.63, 3.8) is 0 Å². The first-order valence-electron chi connectivity index (χ1n) is 5.33. The molecule has 0 saturated carbocycles. The van der Waals surface area contributed by atoms with Crippen molar-refractivity contribution < 1.29 is 9.13 Å². The summed E-state index contributed by atoms with van der Waals surface area (Å²) in [6.45, 7) is 2.63. The predicted octanol–water partition coefficient (Wildman–Crippen LogP) is 2.57. The van der Waals surface area contributed by atoms with Gasteiger partial charge in [0.2, 0.25) is 0 Å². The molecule has 1 unspecified atom stereocenters. The summed E-state index contributed by atoms with van der Waals surface area (Å²) in [4.78, 5) is 0. The van der Waals surface area contributed by atoms with Gasteiger partial charge in [-0.05, 0) is 38.4 Å². The average Bonchev–Trinajstić information content (AvgIpc) is 2.46. The number of rotatable bonds is 1. The van der Waals surface area contributed by atoms with Crippen molar-refractivity contribution in [3.8, 4) is 5.75 Å². The fourth-order valence-electron chi connectivity index (χ4n) is 2.10. The van der Waals surface area contributed by atoms with Crippen LogP contribution in [0.4, 0.5) is 4.39 Å². The quantitative estimate of drug-likeness (QED) is 0.767. The zero-order valence-corrected chi connectivity index (χ0v) is 9.14. The molecule has 15 heavy (non-hydrogen) atoms. The van der Waals surface area contributed by atoms with Gasteiger partial charge in [-0.25, -0.2) is 4.39 Å². The van der Waals surface area contributed by atoms with Gasteiger partial charge in [0.25, 0.3) is 0 Å². The van der Waals surface area contributed by atoms with Crippen molar-refractivity contribution >= 4 is 0 Å². The Labute approximate surface area is 89.4 Å². The molecular weight excluding hydrogens is 193 g/mol. The summed E-state index contributed by atoms with van der Waals surface area (Å²) >= 11 is 0. The van der Waals surface area contributed by atoms with Gasteiger partial charge in [0.05, 0.1) is 6.61 Å². The number of aryl methyl sites for hydroxylation is 1. The minimum absolute atomic E-state index is 0.0717. The summed E-state index contributed by atoms with van der Waals surface area (Å²) in [5, 5.41) is 3.15. The van der Waals surface area contributed by atoms with Crippen LogP contribution in [0.15, 0.2) is 12.1 Å². The van der Waals surface area contributed by atoms with E-state index >= 15 is 0 Å². The van der Waals surface area contributed by atoms with Crippen molar-refractivity contribution in [2.75, 3.05) is 13.7 Å². The molecule has 1 N–H and O–H groups in total. The lowest BCUT2D eigenvalue weighted by atomic mass is 9.99. The van der Waals surface area contributed by atoms with Crippen molar-refractivity contribution in [2.45, 2.75) is 25.8 Å². The number of fused-ring (bicyclic) bond motifs is 1. The molecule has 2 rings (SSSR count). The molecule has 82 valence electrons. The van der Waals surface area contributed by atoms with Gasteiger partial charge in [-0.3, -0.25) is 0 Å². The third-order valence-corrected chi connectivity index (χ3v) is 2.92. The Morgan fingerprint density at radius 3 is 3.00 bits per heavy atom.